The third-order valence-corrected chi connectivity index (χ3v) is 6.78. The summed E-state index contributed by atoms with van der Waals surface area (Å²) in [7, 11) is -3.43. The molecule has 1 fully saturated rings. The normalized spacial score (nSPS) is 18.0. The van der Waals surface area contributed by atoms with Gasteiger partial charge in [-0.15, -0.1) is 11.3 Å². The molecule has 21 heavy (non-hydrogen) atoms. The highest BCUT2D eigenvalue weighted by Gasteiger charge is 2.25. The number of hydrogen-bond donors (Lipinski definition) is 2. The van der Waals surface area contributed by atoms with Gasteiger partial charge in [-0.1, -0.05) is 6.92 Å². The zero-order valence-electron chi connectivity index (χ0n) is 12.0. The maximum atomic E-state index is 12.3. The van der Waals surface area contributed by atoms with Crippen molar-refractivity contribution in [2.75, 3.05) is 19.6 Å². The van der Waals surface area contributed by atoms with Crippen LogP contribution in [-0.4, -0.2) is 44.9 Å². The molecule has 1 amide bonds. The van der Waals surface area contributed by atoms with Crippen LogP contribution >= 0.6 is 11.3 Å². The van der Waals surface area contributed by atoms with E-state index in [4.69, 9.17) is 5.73 Å². The molecule has 6 nitrogen and oxygen atoms in total. The molecule has 1 aromatic rings. The monoisotopic (exact) mass is 331 g/mol. The maximum Gasteiger partial charge on any atom is 0.250 e. The van der Waals surface area contributed by atoms with Crippen molar-refractivity contribution in [1.82, 2.24) is 9.62 Å². The van der Waals surface area contributed by atoms with Gasteiger partial charge < -0.3 is 5.73 Å². The number of aryl methyl sites for hydroxylation is 1. The van der Waals surface area contributed by atoms with Gasteiger partial charge in [-0.25, -0.2) is 13.1 Å². The first-order chi connectivity index (χ1) is 9.90. The van der Waals surface area contributed by atoms with Gasteiger partial charge in [0.05, 0.1) is 6.54 Å². The average Bonchev–Trinajstić information content (AvgIpc) is 2.90. The molecule has 0 atom stereocenters. The van der Waals surface area contributed by atoms with Crippen LogP contribution in [-0.2, 0) is 21.2 Å². The molecule has 1 aliphatic rings. The first-order valence-corrected chi connectivity index (χ1v) is 9.32. The first-order valence-electron chi connectivity index (χ1n) is 7.02. The van der Waals surface area contributed by atoms with Crippen LogP contribution in [0.4, 0.5) is 0 Å². The van der Waals surface area contributed by atoms with Crippen LogP contribution in [0.2, 0.25) is 0 Å². The summed E-state index contributed by atoms with van der Waals surface area (Å²) in [5.41, 5.74) is 5.16. The van der Waals surface area contributed by atoms with Crippen molar-refractivity contribution in [3.8, 4) is 0 Å². The lowest BCUT2D eigenvalue weighted by Gasteiger charge is -2.31. The number of sulfonamides is 1. The number of likely N-dealkylation sites (tertiary alicyclic amines) is 1. The summed E-state index contributed by atoms with van der Waals surface area (Å²) in [4.78, 5) is 13.9. The van der Waals surface area contributed by atoms with Gasteiger partial charge in [0, 0.05) is 24.0 Å². The fraction of sp³-hybridized carbons (Fsp3) is 0.615. The molecule has 2 heterocycles. The number of nitrogens with two attached hydrogens (primary N) is 1. The molecule has 1 aliphatic heterocycles. The quantitative estimate of drug-likeness (QED) is 0.796. The fourth-order valence-corrected chi connectivity index (χ4v) is 5.02. The molecule has 1 saturated heterocycles. The predicted molar refractivity (Wildman–Crippen MR) is 82.7 cm³/mol. The number of nitrogens with one attached hydrogen (secondary N) is 1. The van der Waals surface area contributed by atoms with E-state index in [1.54, 1.807) is 6.07 Å². The number of thiophene rings is 1. The number of piperidine rings is 1. The molecule has 118 valence electrons. The highest BCUT2D eigenvalue weighted by Crippen LogP contribution is 2.23. The van der Waals surface area contributed by atoms with Gasteiger partial charge in [-0.05, 0) is 31.4 Å². The maximum absolute atomic E-state index is 12.3. The Morgan fingerprint density at radius 3 is 2.62 bits per heavy atom. The van der Waals surface area contributed by atoms with Gasteiger partial charge in [-0.3, -0.25) is 9.69 Å². The Balaban J connectivity index is 1.91. The van der Waals surface area contributed by atoms with Gasteiger partial charge >= 0.3 is 0 Å². The summed E-state index contributed by atoms with van der Waals surface area (Å²) in [6.45, 7) is 3.61. The molecule has 3 N–H and O–H groups in total. The Morgan fingerprint density at radius 2 is 2.10 bits per heavy atom. The fourth-order valence-electron chi connectivity index (χ4n) is 2.40. The van der Waals surface area contributed by atoms with Gasteiger partial charge in [0.1, 0.15) is 4.21 Å². The molecule has 0 bridgehead atoms. The SMILES string of the molecule is CCc1ccc(S(=O)(=O)NC2CCN(CC(N)=O)CC2)s1. The highest BCUT2D eigenvalue weighted by atomic mass is 32.2. The summed E-state index contributed by atoms with van der Waals surface area (Å²) < 4.78 is 27.7. The number of carbonyl (C=O) groups excluding carboxylic acids is 1. The smallest absolute Gasteiger partial charge is 0.250 e. The molecule has 0 aromatic carbocycles. The largest absolute Gasteiger partial charge is 0.369 e. The van der Waals surface area contributed by atoms with Crippen molar-refractivity contribution in [1.29, 1.82) is 0 Å². The molecule has 0 unspecified atom stereocenters. The molecule has 0 aliphatic carbocycles. The first kappa shape index (κ1) is 16.4. The van der Waals surface area contributed by atoms with E-state index in [9.17, 15) is 13.2 Å². The molecule has 0 radical (unpaired) electrons. The minimum atomic E-state index is -3.43. The standard InChI is InChI=1S/C13H21N3O3S2/c1-2-11-3-4-13(20-11)21(18,19)15-10-5-7-16(8-6-10)9-12(14)17/h3-4,10,15H,2,5-9H2,1H3,(H2,14,17). The van der Waals surface area contributed by atoms with Gasteiger partial charge in [-0.2, -0.15) is 0 Å². The Morgan fingerprint density at radius 1 is 1.43 bits per heavy atom. The summed E-state index contributed by atoms with van der Waals surface area (Å²) >= 11 is 1.32. The van der Waals surface area contributed by atoms with Gasteiger partial charge in [0.2, 0.25) is 15.9 Å². The van der Waals surface area contributed by atoms with E-state index in [1.807, 2.05) is 17.9 Å². The van der Waals surface area contributed by atoms with Crippen molar-refractivity contribution >= 4 is 27.3 Å². The van der Waals surface area contributed by atoms with Crippen LogP contribution < -0.4 is 10.5 Å². The lowest BCUT2D eigenvalue weighted by atomic mass is 10.1. The molecule has 0 saturated carbocycles. The number of hydrogen-bond acceptors (Lipinski definition) is 5. The highest BCUT2D eigenvalue weighted by molar-refractivity contribution is 7.91. The topological polar surface area (TPSA) is 92.5 Å². The summed E-state index contributed by atoms with van der Waals surface area (Å²) in [6, 6.07) is 3.44. The summed E-state index contributed by atoms with van der Waals surface area (Å²) in [5, 5.41) is 0. The van der Waals surface area contributed by atoms with E-state index < -0.39 is 10.0 Å². The third kappa shape index (κ3) is 4.50. The average molecular weight is 331 g/mol. The van der Waals surface area contributed by atoms with Crippen LogP contribution in [0.15, 0.2) is 16.3 Å². The molecule has 1 aromatic heterocycles. The van der Waals surface area contributed by atoms with Crippen molar-refractivity contribution in [3.05, 3.63) is 17.0 Å². The zero-order valence-corrected chi connectivity index (χ0v) is 13.7. The van der Waals surface area contributed by atoms with Gasteiger partial charge in [0.15, 0.2) is 0 Å². The van der Waals surface area contributed by atoms with E-state index in [2.05, 4.69) is 4.72 Å². The van der Waals surface area contributed by atoms with Crippen LogP contribution in [0.3, 0.4) is 0 Å². The van der Waals surface area contributed by atoms with E-state index in [-0.39, 0.29) is 18.5 Å². The Labute approximate surface area is 129 Å². The lowest BCUT2D eigenvalue weighted by molar-refractivity contribution is -0.119. The van der Waals surface area contributed by atoms with Crippen molar-refractivity contribution < 1.29 is 13.2 Å². The van der Waals surface area contributed by atoms with Crippen LogP contribution in [0.1, 0.15) is 24.6 Å². The molecular weight excluding hydrogens is 310 g/mol. The van der Waals surface area contributed by atoms with Gasteiger partial charge in [0.25, 0.3) is 0 Å². The summed E-state index contributed by atoms with van der Waals surface area (Å²) in [5.74, 6) is -0.347. The third-order valence-electron chi connectivity index (χ3n) is 3.54. The van der Waals surface area contributed by atoms with Crippen molar-refractivity contribution in [3.63, 3.8) is 0 Å². The zero-order chi connectivity index (χ0) is 15.5. The second-order valence-corrected chi connectivity index (χ2v) is 8.32. The van der Waals surface area contributed by atoms with E-state index in [0.29, 0.717) is 30.1 Å². The van der Waals surface area contributed by atoms with E-state index in [0.717, 1.165) is 11.3 Å². The Hall–Kier alpha value is -0.960. The number of amides is 1. The molecule has 0 spiro atoms. The molecular formula is C13H21N3O3S2. The number of rotatable bonds is 6. The van der Waals surface area contributed by atoms with E-state index in [1.165, 1.54) is 11.3 Å². The molecule has 2 rings (SSSR count). The number of nitrogens with zero attached hydrogens (tertiary/aromatic N) is 1. The summed E-state index contributed by atoms with van der Waals surface area (Å²) in [6.07, 6.45) is 2.22. The van der Waals surface area contributed by atoms with Crippen LogP contribution in [0.5, 0.6) is 0 Å². The van der Waals surface area contributed by atoms with Crippen molar-refractivity contribution in [2.45, 2.75) is 36.4 Å². The van der Waals surface area contributed by atoms with Crippen LogP contribution in [0.25, 0.3) is 0 Å². The predicted octanol–water partition coefficient (Wildman–Crippen LogP) is 0.539. The minimum Gasteiger partial charge on any atom is -0.369 e. The Bertz CT molecular complexity index is 590. The van der Waals surface area contributed by atoms with E-state index >= 15 is 0 Å². The number of carbonyl (C=O) groups is 1. The Kier molecular flexibility index (Phi) is 5.37. The minimum absolute atomic E-state index is 0.0775. The lowest BCUT2D eigenvalue weighted by Crippen LogP contribution is -2.46. The second-order valence-electron chi connectivity index (χ2n) is 5.21. The second kappa shape index (κ2) is 6.87. The number of primary amides is 1. The van der Waals surface area contributed by atoms with Crippen LogP contribution in [0, 0.1) is 0 Å². The van der Waals surface area contributed by atoms with Crippen molar-refractivity contribution in [2.24, 2.45) is 5.73 Å². The molecule has 8 heteroatoms.